The molecule has 4 rings (SSSR count). The zero-order valence-corrected chi connectivity index (χ0v) is 14.5. The second-order valence-corrected chi connectivity index (χ2v) is 6.53. The van der Waals surface area contributed by atoms with E-state index in [4.69, 9.17) is 18.0 Å². The van der Waals surface area contributed by atoms with Crippen molar-refractivity contribution < 1.29 is 4.79 Å². The Morgan fingerprint density at radius 3 is 2.65 bits per heavy atom. The van der Waals surface area contributed by atoms with Crippen molar-refractivity contribution in [1.82, 2.24) is 15.3 Å². The van der Waals surface area contributed by atoms with Gasteiger partial charge in [0.25, 0.3) is 5.91 Å². The lowest BCUT2D eigenvalue weighted by atomic mass is 10.1. The van der Waals surface area contributed by atoms with Gasteiger partial charge < -0.3 is 10.6 Å². The molecule has 1 fully saturated rings. The molecule has 1 aliphatic rings. The van der Waals surface area contributed by atoms with Crippen LogP contribution in [0.15, 0.2) is 42.6 Å². The number of anilines is 2. The molecule has 2 aromatic carbocycles. The fourth-order valence-electron chi connectivity index (χ4n) is 2.57. The summed E-state index contributed by atoms with van der Waals surface area (Å²) in [6.07, 6.45) is 9.20. The van der Waals surface area contributed by atoms with Gasteiger partial charge >= 0.3 is 0 Å². The van der Waals surface area contributed by atoms with Gasteiger partial charge in [0, 0.05) is 34.4 Å². The van der Waals surface area contributed by atoms with Crippen molar-refractivity contribution in [2.45, 2.75) is 18.9 Å². The minimum Gasteiger partial charge on any atom is -0.349 e. The first-order valence-electron chi connectivity index (χ1n) is 8.24. The van der Waals surface area contributed by atoms with Crippen LogP contribution in [0.5, 0.6) is 0 Å². The molecule has 0 saturated heterocycles. The number of amides is 1. The van der Waals surface area contributed by atoms with Crippen LogP contribution in [0.2, 0.25) is 5.02 Å². The number of fused-ring (bicyclic) bond motifs is 1. The van der Waals surface area contributed by atoms with Crippen molar-refractivity contribution in [3.8, 4) is 12.3 Å². The van der Waals surface area contributed by atoms with Crippen molar-refractivity contribution in [3.63, 3.8) is 0 Å². The van der Waals surface area contributed by atoms with Gasteiger partial charge in [-0.15, -0.1) is 6.42 Å². The molecule has 0 bridgehead atoms. The Labute approximate surface area is 155 Å². The number of rotatable bonds is 4. The lowest BCUT2D eigenvalue weighted by molar-refractivity contribution is 0.0951. The molecule has 0 radical (unpaired) electrons. The first-order chi connectivity index (χ1) is 12.6. The molecule has 5 nitrogen and oxygen atoms in total. The molecule has 1 heterocycles. The third-order valence-electron chi connectivity index (χ3n) is 4.17. The van der Waals surface area contributed by atoms with Gasteiger partial charge in [0.05, 0.1) is 10.5 Å². The monoisotopic (exact) mass is 362 g/mol. The summed E-state index contributed by atoms with van der Waals surface area (Å²) in [4.78, 5) is 20.8. The highest BCUT2D eigenvalue weighted by Crippen LogP contribution is 2.26. The number of aromatic nitrogens is 2. The lowest BCUT2D eigenvalue weighted by Gasteiger charge is -2.08. The number of carbonyl (C=O) groups is 1. The fraction of sp³-hybridized carbons (Fsp3) is 0.150. The van der Waals surface area contributed by atoms with Gasteiger partial charge in [-0.2, -0.15) is 0 Å². The van der Waals surface area contributed by atoms with Crippen molar-refractivity contribution in [1.29, 1.82) is 0 Å². The summed E-state index contributed by atoms with van der Waals surface area (Å²) in [5, 5.41) is 7.27. The molecular weight excluding hydrogens is 348 g/mol. The van der Waals surface area contributed by atoms with Crippen LogP contribution in [0.3, 0.4) is 0 Å². The first-order valence-corrected chi connectivity index (χ1v) is 8.61. The maximum Gasteiger partial charge on any atom is 0.251 e. The van der Waals surface area contributed by atoms with E-state index in [0.29, 0.717) is 39.0 Å². The quantitative estimate of drug-likeness (QED) is 0.691. The summed E-state index contributed by atoms with van der Waals surface area (Å²) in [7, 11) is 0. The molecule has 0 atom stereocenters. The van der Waals surface area contributed by atoms with E-state index in [1.54, 1.807) is 24.4 Å². The predicted molar refractivity (Wildman–Crippen MR) is 103 cm³/mol. The lowest BCUT2D eigenvalue weighted by Crippen LogP contribution is -2.25. The van der Waals surface area contributed by atoms with Crippen LogP contribution >= 0.6 is 11.6 Å². The highest BCUT2D eigenvalue weighted by atomic mass is 35.5. The molecule has 0 aliphatic heterocycles. The van der Waals surface area contributed by atoms with E-state index in [-0.39, 0.29) is 5.91 Å². The van der Waals surface area contributed by atoms with Gasteiger partial charge in [0.1, 0.15) is 0 Å². The minimum atomic E-state index is -0.0417. The molecule has 1 amide bonds. The normalized spacial score (nSPS) is 13.2. The SMILES string of the molecule is C#Cc1ccc2nc(Nc3ccc(C(=O)NC4CC4)cc3)ncc2c1Cl. The summed E-state index contributed by atoms with van der Waals surface area (Å²) in [6, 6.07) is 11.1. The molecule has 0 unspecified atom stereocenters. The number of hydrogen-bond acceptors (Lipinski definition) is 4. The summed E-state index contributed by atoms with van der Waals surface area (Å²) in [6.45, 7) is 0. The highest BCUT2D eigenvalue weighted by molar-refractivity contribution is 6.36. The van der Waals surface area contributed by atoms with Crippen LogP contribution in [-0.2, 0) is 0 Å². The average Bonchev–Trinajstić information content (AvgIpc) is 3.46. The van der Waals surface area contributed by atoms with E-state index < -0.39 is 0 Å². The predicted octanol–water partition coefficient (Wildman–Crippen LogP) is 3.90. The second-order valence-electron chi connectivity index (χ2n) is 6.15. The Bertz CT molecular complexity index is 1040. The number of nitrogens with one attached hydrogen (secondary N) is 2. The first kappa shape index (κ1) is 16.4. The number of terminal acetylenes is 1. The van der Waals surface area contributed by atoms with Gasteiger partial charge in [-0.05, 0) is 49.2 Å². The van der Waals surface area contributed by atoms with Crippen molar-refractivity contribution in [2.75, 3.05) is 5.32 Å². The summed E-state index contributed by atoms with van der Waals surface area (Å²) in [5.74, 6) is 2.94. The summed E-state index contributed by atoms with van der Waals surface area (Å²) >= 11 is 6.26. The third-order valence-corrected chi connectivity index (χ3v) is 4.58. The van der Waals surface area contributed by atoms with Crippen molar-refractivity contribution in [2.24, 2.45) is 0 Å². The molecule has 2 N–H and O–H groups in total. The zero-order chi connectivity index (χ0) is 18.1. The number of halogens is 1. The van der Waals surface area contributed by atoms with Gasteiger partial charge in [-0.1, -0.05) is 17.5 Å². The van der Waals surface area contributed by atoms with E-state index in [9.17, 15) is 4.79 Å². The number of nitrogens with zero attached hydrogens (tertiary/aromatic N) is 2. The number of benzene rings is 2. The smallest absolute Gasteiger partial charge is 0.251 e. The van der Waals surface area contributed by atoms with Crippen molar-refractivity contribution >= 4 is 40.0 Å². The van der Waals surface area contributed by atoms with E-state index in [0.717, 1.165) is 18.5 Å². The Balaban J connectivity index is 1.53. The molecule has 3 aromatic rings. The van der Waals surface area contributed by atoms with E-state index in [1.165, 1.54) is 0 Å². The Kier molecular flexibility index (Phi) is 4.19. The van der Waals surface area contributed by atoms with Crippen LogP contribution < -0.4 is 10.6 Å². The van der Waals surface area contributed by atoms with E-state index >= 15 is 0 Å². The maximum absolute atomic E-state index is 12.0. The molecule has 128 valence electrons. The zero-order valence-electron chi connectivity index (χ0n) is 13.8. The molecule has 26 heavy (non-hydrogen) atoms. The number of hydrogen-bond donors (Lipinski definition) is 2. The molecule has 1 aliphatic carbocycles. The van der Waals surface area contributed by atoms with Crippen LogP contribution in [0.1, 0.15) is 28.8 Å². The van der Waals surface area contributed by atoms with E-state index in [1.807, 2.05) is 18.2 Å². The fourth-order valence-corrected chi connectivity index (χ4v) is 2.84. The average molecular weight is 363 g/mol. The minimum absolute atomic E-state index is 0.0417. The standard InChI is InChI=1S/C20H15ClN4O/c1-2-12-5-10-17-16(18(12)21)11-22-20(25-17)24-15-6-3-13(4-7-15)19(26)23-14-8-9-14/h1,3-7,10-11,14H,8-9H2,(H,23,26)(H,22,24,25). The van der Waals surface area contributed by atoms with Gasteiger partial charge in [0.2, 0.25) is 5.95 Å². The van der Waals surface area contributed by atoms with Gasteiger partial charge in [-0.25, -0.2) is 9.97 Å². The largest absolute Gasteiger partial charge is 0.349 e. The Morgan fingerprint density at radius 2 is 1.96 bits per heavy atom. The van der Waals surface area contributed by atoms with Gasteiger partial charge in [-0.3, -0.25) is 4.79 Å². The van der Waals surface area contributed by atoms with Crippen molar-refractivity contribution in [3.05, 3.63) is 58.7 Å². The topological polar surface area (TPSA) is 66.9 Å². The maximum atomic E-state index is 12.0. The summed E-state index contributed by atoms with van der Waals surface area (Å²) in [5.41, 5.74) is 2.74. The highest BCUT2D eigenvalue weighted by Gasteiger charge is 2.23. The van der Waals surface area contributed by atoms with Gasteiger partial charge in [0.15, 0.2) is 0 Å². The molecule has 1 saturated carbocycles. The Hall–Kier alpha value is -3.10. The molecule has 1 aromatic heterocycles. The summed E-state index contributed by atoms with van der Waals surface area (Å²) < 4.78 is 0. The molecule has 0 spiro atoms. The second kappa shape index (κ2) is 6.66. The van der Waals surface area contributed by atoms with Crippen LogP contribution in [0.4, 0.5) is 11.6 Å². The van der Waals surface area contributed by atoms with Crippen LogP contribution in [0, 0.1) is 12.3 Å². The molecular formula is C20H15ClN4O. The number of carbonyl (C=O) groups excluding carboxylic acids is 1. The van der Waals surface area contributed by atoms with Crippen LogP contribution in [-0.4, -0.2) is 21.9 Å². The Morgan fingerprint density at radius 1 is 1.19 bits per heavy atom. The molecule has 6 heteroatoms. The third kappa shape index (κ3) is 3.32. The van der Waals surface area contributed by atoms with E-state index in [2.05, 4.69) is 26.5 Å². The van der Waals surface area contributed by atoms with Crippen LogP contribution in [0.25, 0.3) is 10.9 Å².